The van der Waals surface area contributed by atoms with Gasteiger partial charge in [-0.2, -0.15) is 0 Å². The van der Waals surface area contributed by atoms with Gasteiger partial charge in [-0.3, -0.25) is 4.90 Å². The van der Waals surface area contributed by atoms with Gasteiger partial charge in [-0.15, -0.1) is 0 Å². The van der Waals surface area contributed by atoms with Crippen LogP contribution in [0.4, 0.5) is 0 Å². The van der Waals surface area contributed by atoms with Crippen LogP contribution in [0.15, 0.2) is 48.5 Å². The van der Waals surface area contributed by atoms with Crippen LogP contribution in [-0.2, 0) is 6.54 Å². The number of hydrogen-bond acceptors (Lipinski definition) is 2. The van der Waals surface area contributed by atoms with Crippen molar-refractivity contribution in [2.45, 2.75) is 12.6 Å². The van der Waals surface area contributed by atoms with E-state index in [-0.39, 0.29) is 0 Å². The van der Waals surface area contributed by atoms with Gasteiger partial charge < -0.3 is 5.32 Å². The largest absolute Gasteiger partial charge is 0.314 e. The molecule has 0 aliphatic carbocycles. The van der Waals surface area contributed by atoms with Crippen molar-refractivity contribution >= 4 is 23.2 Å². The quantitative estimate of drug-likeness (QED) is 0.914. The number of rotatable bonds is 3. The van der Waals surface area contributed by atoms with Gasteiger partial charge in [0.2, 0.25) is 0 Å². The summed E-state index contributed by atoms with van der Waals surface area (Å²) in [6.07, 6.45) is 0. The molecule has 2 nitrogen and oxygen atoms in total. The molecule has 0 spiro atoms. The number of piperazine rings is 1. The highest BCUT2D eigenvalue weighted by molar-refractivity contribution is 6.42. The van der Waals surface area contributed by atoms with Gasteiger partial charge in [0.25, 0.3) is 0 Å². The number of halogens is 2. The molecule has 2 aromatic carbocycles. The van der Waals surface area contributed by atoms with E-state index in [1.807, 2.05) is 12.1 Å². The molecule has 1 fully saturated rings. The molecule has 0 aromatic heterocycles. The maximum Gasteiger partial charge on any atom is 0.0595 e. The van der Waals surface area contributed by atoms with E-state index in [9.17, 15) is 0 Å². The third-order valence-electron chi connectivity index (χ3n) is 3.91. The third-order valence-corrected chi connectivity index (χ3v) is 4.65. The van der Waals surface area contributed by atoms with E-state index < -0.39 is 0 Å². The summed E-state index contributed by atoms with van der Waals surface area (Å²) in [5, 5.41) is 4.72. The van der Waals surface area contributed by atoms with Gasteiger partial charge in [-0.1, -0.05) is 59.6 Å². The minimum Gasteiger partial charge on any atom is -0.314 e. The van der Waals surface area contributed by atoms with Crippen molar-refractivity contribution < 1.29 is 0 Å². The summed E-state index contributed by atoms with van der Waals surface area (Å²) in [7, 11) is 0. The fourth-order valence-corrected chi connectivity index (χ4v) is 3.13. The summed E-state index contributed by atoms with van der Waals surface area (Å²) in [5.74, 6) is 0. The molecule has 2 aromatic rings. The van der Waals surface area contributed by atoms with Crippen LogP contribution >= 0.6 is 23.2 Å². The lowest BCUT2D eigenvalue weighted by Gasteiger charge is -2.36. The standard InChI is InChI=1S/C17H18Cl2N2/c18-15-7-6-13(10-16(15)19)12-21-9-8-20-11-17(21)14-4-2-1-3-5-14/h1-7,10,17,20H,8-9,11-12H2. The van der Waals surface area contributed by atoms with E-state index >= 15 is 0 Å². The molecule has 0 bridgehead atoms. The number of nitrogens with one attached hydrogen (secondary N) is 1. The van der Waals surface area contributed by atoms with Crippen LogP contribution in [0.5, 0.6) is 0 Å². The van der Waals surface area contributed by atoms with Crippen molar-refractivity contribution in [1.82, 2.24) is 10.2 Å². The molecule has 1 aliphatic heterocycles. The molecule has 21 heavy (non-hydrogen) atoms. The Labute approximate surface area is 135 Å². The minimum atomic E-state index is 0.398. The molecule has 0 radical (unpaired) electrons. The fraction of sp³-hybridized carbons (Fsp3) is 0.294. The molecule has 3 rings (SSSR count). The molecule has 1 N–H and O–H groups in total. The van der Waals surface area contributed by atoms with E-state index in [0.29, 0.717) is 16.1 Å². The molecular weight excluding hydrogens is 303 g/mol. The van der Waals surface area contributed by atoms with Gasteiger partial charge in [-0.25, -0.2) is 0 Å². The summed E-state index contributed by atoms with van der Waals surface area (Å²) in [6, 6.07) is 16.9. The Morgan fingerprint density at radius 2 is 1.86 bits per heavy atom. The molecule has 0 saturated carbocycles. The summed E-state index contributed by atoms with van der Waals surface area (Å²) >= 11 is 12.1. The second-order valence-corrected chi connectivity index (χ2v) is 6.16. The Morgan fingerprint density at radius 3 is 2.62 bits per heavy atom. The zero-order valence-electron chi connectivity index (χ0n) is 11.7. The molecule has 1 saturated heterocycles. The van der Waals surface area contributed by atoms with Gasteiger partial charge >= 0.3 is 0 Å². The lowest BCUT2D eigenvalue weighted by atomic mass is 10.0. The summed E-state index contributed by atoms with van der Waals surface area (Å²) in [6.45, 7) is 3.91. The first-order chi connectivity index (χ1) is 10.2. The average molecular weight is 321 g/mol. The van der Waals surface area contributed by atoms with Crippen molar-refractivity contribution in [2.24, 2.45) is 0 Å². The Balaban J connectivity index is 1.79. The van der Waals surface area contributed by atoms with E-state index in [4.69, 9.17) is 23.2 Å². The lowest BCUT2D eigenvalue weighted by molar-refractivity contribution is 0.154. The second-order valence-electron chi connectivity index (χ2n) is 5.35. The molecule has 4 heteroatoms. The van der Waals surface area contributed by atoms with Crippen LogP contribution in [0.25, 0.3) is 0 Å². The van der Waals surface area contributed by atoms with Crippen LogP contribution in [0, 0.1) is 0 Å². The molecule has 110 valence electrons. The predicted molar refractivity (Wildman–Crippen MR) is 88.9 cm³/mol. The molecule has 1 aliphatic rings. The lowest BCUT2D eigenvalue weighted by Crippen LogP contribution is -2.45. The first-order valence-electron chi connectivity index (χ1n) is 7.17. The zero-order valence-corrected chi connectivity index (χ0v) is 13.2. The van der Waals surface area contributed by atoms with Crippen LogP contribution in [0.1, 0.15) is 17.2 Å². The van der Waals surface area contributed by atoms with Crippen LogP contribution in [0.3, 0.4) is 0 Å². The maximum atomic E-state index is 6.12. The number of nitrogens with zero attached hydrogens (tertiary/aromatic N) is 1. The number of hydrogen-bond donors (Lipinski definition) is 1. The van der Waals surface area contributed by atoms with E-state index in [1.54, 1.807) is 0 Å². The SMILES string of the molecule is Clc1ccc(CN2CCNCC2c2ccccc2)cc1Cl. The molecule has 1 heterocycles. The number of benzene rings is 2. The Bertz CT molecular complexity index is 601. The third kappa shape index (κ3) is 3.58. The Morgan fingerprint density at radius 1 is 1.05 bits per heavy atom. The highest BCUT2D eigenvalue weighted by atomic mass is 35.5. The Kier molecular flexibility index (Phi) is 4.81. The van der Waals surface area contributed by atoms with Crippen LogP contribution < -0.4 is 5.32 Å². The van der Waals surface area contributed by atoms with E-state index in [1.165, 1.54) is 11.1 Å². The van der Waals surface area contributed by atoms with Crippen LogP contribution in [-0.4, -0.2) is 24.5 Å². The summed E-state index contributed by atoms with van der Waals surface area (Å²) in [4.78, 5) is 2.49. The van der Waals surface area contributed by atoms with Crippen molar-refractivity contribution in [3.8, 4) is 0 Å². The molecule has 1 atom stereocenters. The van der Waals surface area contributed by atoms with Crippen molar-refractivity contribution in [1.29, 1.82) is 0 Å². The molecule has 1 unspecified atom stereocenters. The monoisotopic (exact) mass is 320 g/mol. The molecule has 0 amide bonds. The first-order valence-corrected chi connectivity index (χ1v) is 7.93. The Hall–Kier alpha value is -1.06. The smallest absolute Gasteiger partial charge is 0.0595 e. The molecular formula is C17H18Cl2N2. The zero-order chi connectivity index (χ0) is 14.7. The van der Waals surface area contributed by atoms with Crippen molar-refractivity contribution in [3.63, 3.8) is 0 Å². The second kappa shape index (κ2) is 6.80. The summed E-state index contributed by atoms with van der Waals surface area (Å²) in [5.41, 5.74) is 2.55. The van der Waals surface area contributed by atoms with Gasteiger partial charge in [0.05, 0.1) is 10.0 Å². The van der Waals surface area contributed by atoms with Gasteiger partial charge in [-0.05, 0) is 23.3 Å². The van der Waals surface area contributed by atoms with Gasteiger partial charge in [0.1, 0.15) is 0 Å². The van der Waals surface area contributed by atoms with E-state index in [2.05, 4.69) is 46.6 Å². The summed E-state index contributed by atoms with van der Waals surface area (Å²) < 4.78 is 0. The van der Waals surface area contributed by atoms with Gasteiger partial charge in [0.15, 0.2) is 0 Å². The topological polar surface area (TPSA) is 15.3 Å². The van der Waals surface area contributed by atoms with Gasteiger partial charge in [0, 0.05) is 32.2 Å². The first kappa shape index (κ1) is 14.9. The van der Waals surface area contributed by atoms with E-state index in [0.717, 1.165) is 26.2 Å². The average Bonchev–Trinajstić information content (AvgIpc) is 2.52. The normalized spacial score (nSPS) is 19.6. The van der Waals surface area contributed by atoms with Crippen molar-refractivity contribution in [3.05, 3.63) is 69.7 Å². The maximum absolute atomic E-state index is 6.12. The van der Waals surface area contributed by atoms with Crippen molar-refractivity contribution in [2.75, 3.05) is 19.6 Å². The highest BCUT2D eigenvalue weighted by Crippen LogP contribution is 2.27. The predicted octanol–water partition coefficient (Wildman–Crippen LogP) is 4.14. The van der Waals surface area contributed by atoms with Crippen LogP contribution in [0.2, 0.25) is 10.0 Å². The minimum absolute atomic E-state index is 0.398. The fourth-order valence-electron chi connectivity index (χ4n) is 2.81. The highest BCUT2D eigenvalue weighted by Gasteiger charge is 2.23.